The minimum absolute atomic E-state index is 0.464. The van der Waals surface area contributed by atoms with Gasteiger partial charge in [-0.3, -0.25) is 0 Å². The molecule has 1 aliphatic heterocycles. The summed E-state index contributed by atoms with van der Waals surface area (Å²) in [5.41, 5.74) is 3.05. The fraction of sp³-hybridized carbons (Fsp3) is 0.667. The summed E-state index contributed by atoms with van der Waals surface area (Å²) in [4.78, 5) is 0. The maximum atomic E-state index is 6.06. The van der Waals surface area contributed by atoms with Crippen LogP contribution in [0.1, 0.15) is 56.2 Å². The van der Waals surface area contributed by atoms with Crippen molar-refractivity contribution in [2.24, 2.45) is 5.92 Å². The molecular weight excluding hydrogens is 246 g/mol. The number of ether oxygens (including phenoxy) is 1. The molecule has 0 bridgehead atoms. The van der Waals surface area contributed by atoms with Gasteiger partial charge >= 0.3 is 0 Å². The number of hydrogen-bond donors (Lipinski definition) is 1. The quantitative estimate of drug-likeness (QED) is 0.844. The van der Waals surface area contributed by atoms with Gasteiger partial charge in [0, 0.05) is 6.04 Å². The summed E-state index contributed by atoms with van der Waals surface area (Å²) in [6, 6.07) is 9.46. The maximum Gasteiger partial charge on any atom is 0.0583 e. The molecule has 0 amide bonds. The number of nitrogens with one attached hydrogen (secondary N) is 1. The van der Waals surface area contributed by atoms with Crippen LogP contribution in [-0.2, 0) is 11.2 Å². The van der Waals surface area contributed by atoms with Crippen LogP contribution in [0.2, 0.25) is 0 Å². The van der Waals surface area contributed by atoms with Gasteiger partial charge < -0.3 is 10.1 Å². The van der Waals surface area contributed by atoms with E-state index >= 15 is 0 Å². The van der Waals surface area contributed by atoms with E-state index in [-0.39, 0.29) is 0 Å². The largest absolute Gasteiger partial charge is 0.375 e. The zero-order valence-electron chi connectivity index (χ0n) is 12.8. The van der Waals surface area contributed by atoms with Crippen molar-refractivity contribution in [1.82, 2.24) is 5.32 Å². The highest BCUT2D eigenvalue weighted by atomic mass is 16.5. The summed E-state index contributed by atoms with van der Waals surface area (Å²) in [6.45, 7) is 2.21. The number of rotatable bonds is 3. The van der Waals surface area contributed by atoms with Crippen molar-refractivity contribution < 1.29 is 4.74 Å². The van der Waals surface area contributed by atoms with Crippen molar-refractivity contribution in [3.8, 4) is 0 Å². The third kappa shape index (κ3) is 2.91. The van der Waals surface area contributed by atoms with Crippen LogP contribution in [0.4, 0.5) is 0 Å². The lowest BCUT2D eigenvalue weighted by molar-refractivity contribution is 0.0360. The molecule has 1 aliphatic carbocycles. The summed E-state index contributed by atoms with van der Waals surface area (Å²) in [5, 5.41) is 3.58. The average molecular weight is 273 g/mol. The Morgan fingerprint density at radius 1 is 1.20 bits per heavy atom. The van der Waals surface area contributed by atoms with E-state index in [1.165, 1.54) is 49.7 Å². The molecule has 3 rings (SSSR count). The molecule has 0 saturated carbocycles. The van der Waals surface area contributed by atoms with Gasteiger partial charge in [-0.15, -0.1) is 0 Å². The second-order valence-corrected chi connectivity index (χ2v) is 6.50. The average Bonchev–Trinajstić information content (AvgIpc) is 2.78. The SMILES string of the molecule is CNC1c2ccccc2CCCC1CC1CCC(C)O1. The minimum atomic E-state index is 0.464. The van der Waals surface area contributed by atoms with Gasteiger partial charge in [-0.2, -0.15) is 0 Å². The predicted molar refractivity (Wildman–Crippen MR) is 82.9 cm³/mol. The van der Waals surface area contributed by atoms with Gasteiger partial charge in [-0.1, -0.05) is 24.3 Å². The van der Waals surface area contributed by atoms with E-state index in [0.29, 0.717) is 24.2 Å². The summed E-state index contributed by atoms with van der Waals surface area (Å²) >= 11 is 0. The zero-order valence-corrected chi connectivity index (χ0v) is 12.8. The maximum absolute atomic E-state index is 6.06. The van der Waals surface area contributed by atoms with Gasteiger partial charge in [0.1, 0.15) is 0 Å². The van der Waals surface area contributed by atoms with E-state index in [4.69, 9.17) is 4.74 Å². The Balaban J connectivity index is 1.77. The van der Waals surface area contributed by atoms with Gasteiger partial charge in [0.15, 0.2) is 0 Å². The molecule has 20 heavy (non-hydrogen) atoms. The Labute approximate surface area is 122 Å². The summed E-state index contributed by atoms with van der Waals surface area (Å²) < 4.78 is 6.06. The summed E-state index contributed by atoms with van der Waals surface area (Å²) in [6.07, 6.45) is 8.49. The highest BCUT2D eigenvalue weighted by Gasteiger charge is 2.31. The second kappa shape index (κ2) is 6.28. The molecule has 4 unspecified atom stereocenters. The Bertz CT molecular complexity index is 445. The normalized spacial score (nSPS) is 33.7. The Kier molecular flexibility index (Phi) is 4.42. The predicted octanol–water partition coefficient (Wildman–Crippen LogP) is 3.86. The minimum Gasteiger partial charge on any atom is -0.375 e. The molecular formula is C18H27NO. The van der Waals surface area contributed by atoms with E-state index < -0.39 is 0 Å². The lowest BCUT2D eigenvalue weighted by Crippen LogP contribution is -2.28. The number of aryl methyl sites for hydroxylation is 1. The molecule has 1 aromatic carbocycles. The molecule has 1 saturated heterocycles. The van der Waals surface area contributed by atoms with Crippen LogP contribution in [-0.4, -0.2) is 19.3 Å². The molecule has 2 nitrogen and oxygen atoms in total. The third-order valence-electron chi connectivity index (χ3n) is 5.08. The van der Waals surface area contributed by atoms with Gasteiger partial charge in [-0.05, 0) is 69.5 Å². The molecule has 0 radical (unpaired) electrons. The first kappa shape index (κ1) is 14.1. The van der Waals surface area contributed by atoms with Gasteiger partial charge in [0.05, 0.1) is 12.2 Å². The second-order valence-electron chi connectivity index (χ2n) is 6.50. The van der Waals surface area contributed by atoms with E-state index in [1.54, 1.807) is 0 Å². The molecule has 110 valence electrons. The Morgan fingerprint density at radius 2 is 2.05 bits per heavy atom. The van der Waals surface area contributed by atoms with Crippen molar-refractivity contribution in [2.45, 2.75) is 63.7 Å². The van der Waals surface area contributed by atoms with Crippen molar-refractivity contribution in [3.63, 3.8) is 0 Å². The fourth-order valence-electron chi connectivity index (χ4n) is 4.08. The van der Waals surface area contributed by atoms with Crippen molar-refractivity contribution in [1.29, 1.82) is 0 Å². The van der Waals surface area contributed by atoms with E-state index in [1.807, 2.05) is 0 Å². The van der Waals surface area contributed by atoms with E-state index in [0.717, 1.165) is 0 Å². The first-order chi connectivity index (χ1) is 9.78. The van der Waals surface area contributed by atoms with Crippen molar-refractivity contribution in [3.05, 3.63) is 35.4 Å². The van der Waals surface area contributed by atoms with Crippen LogP contribution in [0.25, 0.3) is 0 Å². The summed E-state index contributed by atoms with van der Waals surface area (Å²) in [5.74, 6) is 0.707. The van der Waals surface area contributed by atoms with Crippen LogP contribution in [0.3, 0.4) is 0 Å². The van der Waals surface area contributed by atoms with Crippen molar-refractivity contribution >= 4 is 0 Å². The molecule has 1 heterocycles. The van der Waals surface area contributed by atoms with Crippen LogP contribution in [0.15, 0.2) is 24.3 Å². The van der Waals surface area contributed by atoms with Crippen LogP contribution in [0.5, 0.6) is 0 Å². The number of benzene rings is 1. The molecule has 1 fully saturated rings. The zero-order chi connectivity index (χ0) is 13.9. The van der Waals surface area contributed by atoms with Gasteiger partial charge in [-0.25, -0.2) is 0 Å². The molecule has 2 aliphatic rings. The lowest BCUT2D eigenvalue weighted by Gasteiger charge is -2.28. The Morgan fingerprint density at radius 3 is 2.80 bits per heavy atom. The number of fused-ring (bicyclic) bond motifs is 1. The van der Waals surface area contributed by atoms with E-state index in [2.05, 4.69) is 43.6 Å². The van der Waals surface area contributed by atoms with Gasteiger partial charge in [0.25, 0.3) is 0 Å². The highest BCUT2D eigenvalue weighted by molar-refractivity contribution is 5.31. The molecule has 4 atom stereocenters. The molecule has 1 N–H and O–H groups in total. The monoisotopic (exact) mass is 273 g/mol. The van der Waals surface area contributed by atoms with Crippen LogP contribution >= 0.6 is 0 Å². The van der Waals surface area contributed by atoms with Crippen LogP contribution < -0.4 is 5.32 Å². The smallest absolute Gasteiger partial charge is 0.0583 e. The highest BCUT2D eigenvalue weighted by Crippen LogP contribution is 2.37. The van der Waals surface area contributed by atoms with Crippen molar-refractivity contribution in [2.75, 3.05) is 7.05 Å². The van der Waals surface area contributed by atoms with Gasteiger partial charge in [0.2, 0.25) is 0 Å². The standard InChI is InChI=1S/C18H27NO/c1-13-10-11-16(20-13)12-15-8-5-7-14-6-3-4-9-17(14)18(15)19-2/h3-4,6,9,13,15-16,18-19H,5,7-8,10-12H2,1-2H3. The number of hydrogen-bond acceptors (Lipinski definition) is 2. The molecule has 0 aromatic heterocycles. The topological polar surface area (TPSA) is 21.3 Å². The third-order valence-corrected chi connectivity index (χ3v) is 5.08. The van der Waals surface area contributed by atoms with E-state index in [9.17, 15) is 0 Å². The first-order valence-electron chi connectivity index (χ1n) is 8.18. The fourth-order valence-corrected chi connectivity index (χ4v) is 4.08. The Hall–Kier alpha value is -0.860. The van der Waals surface area contributed by atoms with Crippen LogP contribution in [0, 0.1) is 5.92 Å². The molecule has 0 spiro atoms. The lowest BCUT2D eigenvalue weighted by atomic mass is 9.86. The summed E-state index contributed by atoms with van der Waals surface area (Å²) in [7, 11) is 2.11. The first-order valence-corrected chi connectivity index (χ1v) is 8.18. The molecule has 2 heteroatoms. The molecule has 1 aromatic rings.